The van der Waals surface area contributed by atoms with Crippen LogP contribution < -0.4 is 14.8 Å². The van der Waals surface area contributed by atoms with Gasteiger partial charge in [-0.2, -0.15) is 5.26 Å². The van der Waals surface area contributed by atoms with Gasteiger partial charge in [0.2, 0.25) is 0 Å². The summed E-state index contributed by atoms with van der Waals surface area (Å²) in [5, 5.41) is 15.9. The number of hydrogen-bond donors (Lipinski definition) is 1. The molecule has 5 rings (SSSR count). The maximum Gasteiger partial charge on any atom is 0.277 e. The third kappa shape index (κ3) is 3.18. The second-order valence-electron chi connectivity index (χ2n) is 7.78. The van der Waals surface area contributed by atoms with E-state index in [2.05, 4.69) is 10.5 Å². The minimum atomic E-state index is -1.64. The Morgan fingerprint density at radius 3 is 2.65 bits per heavy atom. The van der Waals surface area contributed by atoms with Crippen LogP contribution >= 0.6 is 0 Å². The maximum atomic E-state index is 13.9. The highest BCUT2D eigenvalue weighted by molar-refractivity contribution is 6.24. The van der Waals surface area contributed by atoms with Gasteiger partial charge in [0.15, 0.2) is 23.9 Å². The molecule has 0 saturated heterocycles. The van der Waals surface area contributed by atoms with E-state index < -0.39 is 17.4 Å². The second-order valence-corrected chi connectivity index (χ2v) is 7.78. The average Bonchev–Trinajstić information content (AvgIpc) is 3.41. The number of anilines is 1. The van der Waals surface area contributed by atoms with Crippen molar-refractivity contribution >= 4 is 23.1 Å². The number of ether oxygens (including phenoxy) is 2. The zero-order valence-corrected chi connectivity index (χ0v) is 18.1. The lowest BCUT2D eigenvalue weighted by atomic mass is 9.74. The van der Waals surface area contributed by atoms with Crippen LogP contribution in [-0.4, -0.2) is 31.1 Å². The predicted molar refractivity (Wildman–Crippen MR) is 123 cm³/mol. The van der Waals surface area contributed by atoms with Gasteiger partial charge in [0, 0.05) is 22.4 Å². The smallest absolute Gasteiger partial charge is 0.277 e. The fourth-order valence-corrected chi connectivity index (χ4v) is 4.40. The van der Waals surface area contributed by atoms with E-state index in [1.165, 1.54) is 7.11 Å². The van der Waals surface area contributed by atoms with E-state index in [9.17, 15) is 9.59 Å². The Kier molecular flexibility index (Phi) is 5.22. The van der Waals surface area contributed by atoms with Crippen molar-refractivity contribution < 1.29 is 23.9 Å². The first-order valence-corrected chi connectivity index (χ1v) is 10.5. The number of oxime groups is 1. The molecule has 168 valence electrons. The number of carbonyl (C=O) groups excluding carboxylic acids is 2. The van der Waals surface area contributed by atoms with Crippen LogP contribution in [0.5, 0.6) is 11.5 Å². The maximum absolute atomic E-state index is 13.9. The fourth-order valence-electron chi connectivity index (χ4n) is 4.40. The van der Waals surface area contributed by atoms with Gasteiger partial charge in [-0.3, -0.25) is 9.59 Å². The number of fused-ring (bicyclic) bond motifs is 2. The third-order valence-electron chi connectivity index (χ3n) is 5.95. The van der Waals surface area contributed by atoms with E-state index in [1.54, 1.807) is 66.7 Å². The number of benzene rings is 3. The van der Waals surface area contributed by atoms with Crippen molar-refractivity contribution in [2.24, 2.45) is 11.1 Å². The van der Waals surface area contributed by atoms with Gasteiger partial charge in [-0.05, 0) is 24.3 Å². The van der Waals surface area contributed by atoms with Crippen LogP contribution in [0.1, 0.15) is 21.5 Å². The molecular weight excluding hydrogens is 434 g/mol. The summed E-state index contributed by atoms with van der Waals surface area (Å²) in [4.78, 5) is 33.1. The molecule has 0 bridgehead atoms. The number of carbonyl (C=O) groups is 2. The first kappa shape index (κ1) is 21.2. The van der Waals surface area contributed by atoms with Crippen LogP contribution in [0.2, 0.25) is 0 Å². The second kappa shape index (κ2) is 8.37. The molecule has 2 heterocycles. The molecule has 1 amide bonds. The molecule has 0 saturated carbocycles. The molecule has 2 atom stereocenters. The topological polar surface area (TPSA) is 110 Å². The molecule has 8 heteroatoms. The van der Waals surface area contributed by atoms with Crippen molar-refractivity contribution in [3.8, 4) is 17.6 Å². The molecule has 1 N–H and O–H groups in total. The van der Waals surface area contributed by atoms with Gasteiger partial charge in [-0.25, -0.2) is 0 Å². The summed E-state index contributed by atoms with van der Waals surface area (Å²) in [6.07, 6.45) is 0. The van der Waals surface area contributed by atoms with Gasteiger partial charge in [-0.15, -0.1) is 0 Å². The van der Waals surface area contributed by atoms with Crippen LogP contribution in [0.15, 0.2) is 78.0 Å². The first-order valence-electron chi connectivity index (χ1n) is 10.5. The van der Waals surface area contributed by atoms with E-state index in [0.29, 0.717) is 39.6 Å². The van der Waals surface area contributed by atoms with Crippen LogP contribution in [0.3, 0.4) is 0 Å². The van der Waals surface area contributed by atoms with Crippen molar-refractivity contribution in [3.63, 3.8) is 0 Å². The van der Waals surface area contributed by atoms with Gasteiger partial charge >= 0.3 is 0 Å². The van der Waals surface area contributed by atoms with Crippen molar-refractivity contribution in [1.82, 2.24) is 0 Å². The van der Waals surface area contributed by atoms with Gasteiger partial charge in [-0.1, -0.05) is 53.7 Å². The number of methoxy groups -OCH3 is 1. The standard InChI is InChI=1S/C26H19N3O5/c1-32-21-15-17(11-12-20(21)33-14-13-27)23-22(24(30)16-7-3-2-4-8-16)26(34-29-23)18-9-5-6-10-19(18)28-25(26)31/h2-12,15,22H,14H2,1H3,(H,28,31)/t22-,26+/m0/s1. The molecule has 34 heavy (non-hydrogen) atoms. The Morgan fingerprint density at radius 2 is 1.88 bits per heavy atom. The summed E-state index contributed by atoms with van der Waals surface area (Å²) in [6, 6.07) is 22.7. The highest BCUT2D eigenvalue weighted by atomic mass is 16.7. The third-order valence-corrected chi connectivity index (χ3v) is 5.95. The highest BCUT2D eigenvalue weighted by Crippen LogP contribution is 2.50. The molecule has 3 aromatic rings. The number of hydrogen-bond acceptors (Lipinski definition) is 7. The van der Waals surface area contributed by atoms with Gasteiger partial charge in [0.25, 0.3) is 11.5 Å². The molecule has 2 aliphatic rings. The van der Waals surface area contributed by atoms with Crippen LogP contribution in [-0.2, 0) is 15.2 Å². The summed E-state index contributed by atoms with van der Waals surface area (Å²) >= 11 is 0. The summed E-state index contributed by atoms with van der Waals surface area (Å²) in [5.41, 5.74) is 0.752. The Balaban J connectivity index is 1.65. The number of nitriles is 1. The van der Waals surface area contributed by atoms with Gasteiger partial charge in [0.1, 0.15) is 17.7 Å². The van der Waals surface area contributed by atoms with E-state index in [4.69, 9.17) is 19.6 Å². The Bertz CT molecular complexity index is 1360. The Labute approximate surface area is 195 Å². The fraction of sp³-hybridized carbons (Fsp3) is 0.154. The zero-order chi connectivity index (χ0) is 23.7. The molecule has 0 fully saturated rings. The molecular formula is C26H19N3O5. The van der Waals surface area contributed by atoms with Crippen molar-refractivity contribution in [2.75, 3.05) is 19.0 Å². The van der Waals surface area contributed by atoms with Crippen LogP contribution in [0, 0.1) is 17.2 Å². The zero-order valence-electron chi connectivity index (χ0n) is 18.1. The average molecular weight is 453 g/mol. The van der Waals surface area contributed by atoms with Crippen LogP contribution in [0.25, 0.3) is 0 Å². The Morgan fingerprint density at radius 1 is 1.12 bits per heavy atom. The van der Waals surface area contributed by atoms with E-state index in [0.717, 1.165) is 0 Å². The SMILES string of the molecule is COc1cc(C2=NO[C@@]3(C(=O)Nc4ccccc43)[C@@H]2C(=O)c2ccccc2)ccc1OCC#N. The predicted octanol–water partition coefficient (Wildman–Crippen LogP) is 3.68. The molecule has 0 unspecified atom stereocenters. The summed E-state index contributed by atoms with van der Waals surface area (Å²) in [5.74, 6) is -1.07. The van der Waals surface area contributed by atoms with Crippen LogP contribution in [0.4, 0.5) is 5.69 Å². The van der Waals surface area contributed by atoms with E-state index in [1.807, 2.05) is 12.1 Å². The molecule has 0 aliphatic carbocycles. The first-order chi connectivity index (χ1) is 16.6. The number of ketones is 1. The number of amides is 1. The van der Waals surface area contributed by atoms with E-state index >= 15 is 0 Å². The molecule has 0 radical (unpaired) electrons. The summed E-state index contributed by atoms with van der Waals surface area (Å²) < 4.78 is 10.8. The summed E-state index contributed by atoms with van der Waals surface area (Å²) in [6.45, 7) is -0.144. The minimum absolute atomic E-state index is 0.144. The Hall–Kier alpha value is -4.64. The van der Waals surface area contributed by atoms with Gasteiger partial charge < -0.3 is 19.6 Å². The number of Topliss-reactive ketones (excluding diaryl/α,β-unsaturated/α-hetero) is 1. The molecule has 8 nitrogen and oxygen atoms in total. The molecule has 1 spiro atoms. The lowest BCUT2D eigenvalue weighted by Crippen LogP contribution is -2.46. The number of nitrogens with zero attached hydrogens (tertiary/aromatic N) is 2. The lowest BCUT2D eigenvalue weighted by molar-refractivity contribution is -0.140. The number of para-hydroxylation sites is 1. The van der Waals surface area contributed by atoms with Gasteiger partial charge in [0.05, 0.1) is 7.11 Å². The van der Waals surface area contributed by atoms with Crippen molar-refractivity contribution in [1.29, 1.82) is 5.26 Å². The molecule has 2 aliphatic heterocycles. The minimum Gasteiger partial charge on any atom is -0.493 e. The number of nitrogens with one attached hydrogen (secondary N) is 1. The monoisotopic (exact) mass is 453 g/mol. The van der Waals surface area contributed by atoms with E-state index in [-0.39, 0.29) is 12.4 Å². The highest BCUT2D eigenvalue weighted by Gasteiger charge is 2.63. The van der Waals surface area contributed by atoms with Crippen molar-refractivity contribution in [2.45, 2.75) is 5.60 Å². The molecule has 0 aromatic heterocycles. The normalized spacial score (nSPS) is 20.1. The summed E-state index contributed by atoms with van der Waals surface area (Å²) in [7, 11) is 1.47. The quantitative estimate of drug-likeness (QED) is 0.570. The van der Waals surface area contributed by atoms with Crippen molar-refractivity contribution in [3.05, 3.63) is 89.5 Å². The number of rotatable bonds is 6. The molecule has 3 aromatic carbocycles. The lowest BCUT2D eigenvalue weighted by Gasteiger charge is -2.26. The largest absolute Gasteiger partial charge is 0.493 e.